The fourth-order valence-corrected chi connectivity index (χ4v) is 16.8. The standard InChI is InChI=1S/C24H26FN7.C24H28N6O.C21H22N6.C20H19N5O/c1-16-9-20-19(3-4-26-23(20)10-22(16)25)21-12-28-32-15-17(11-27-24(21)32)30-5-7-31(8-6-30)18-13-29(2)14-18;1-17-12-20(19-6-4-5-7-22(19)27-17)21-14-26-30-15-18(13-25-23(21)30)29-10-8-28(9-11-29)16-24(2,3)31;1-15-11-18(17-5-3-4-6-20(17)24-15)19-13-23-27-14-16(12-22-21(19)27)26-9-7-25(2)8-10-26;1-14-10-17(16-4-2-3-5-19(16)23-14)18-12-22-25-13-15(11-21-20(18)25)24-6-8-26-9-7-24/h3-4,9-12,15,18H,5-8,13-14H2,1-2H3;4-7,12-15,31H,8-11,16H2,1-3H3;3-6,11-14H,7-10H2,1-2H3;2-5,10-13H,6-9H2,1H3. The van der Waals surface area contributed by atoms with Crippen LogP contribution in [-0.2, 0) is 4.74 Å². The van der Waals surface area contributed by atoms with Crippen molar-refractivity contribution in [3.05, 3.63) is 218 Å². The molecule has 0 radical (unpaired) electrons. The van der Waals surface area contributed by atoms with Crippen LogP contribution in [-0.4, -0.2) is 253 Å². The Morgan fingerprint density at radius 1 is 0.397 bits per heavy atom. The van der Waals surface area contributed by atoms with Crippen LogP contribution in [0, 0.1) is 33.5 Å². The Morgan fingerprint density at radius 3 is 1.18 bits per heavy atom. The first kappa shape index (κ1) is 75.3. The van der Waals surface area contributed by atoms with Gasteiger partial charge in [-0.3, -0.25) is 29.7 Å². The van der Waals surface area contributed by atoms with E-state index in [0.717, 1.165) is 250 Å². The van der Waals surface area contributed by atoms with E-state index in [9.17, 15) is 9.50 Å². The predicted octanol–water partition coefficient (Wildman–Crippen LogP) is 12.1. The number of piperazine rings is 3. The molecule has 26 nitrogen and oxygen atoms in total. The molecule has 4 aromatic carbocycles. The zero-order valence-corrected chi connectivity index (χ0v) is 66.9. The fraction of sp³-hybridized carbons (Fsp3) is 0.326. The smallest absolute Gasteiger partial charge is 0.162 e. The highest BCUT2D eigenvalue weighted by atomic mass is 19.1. The number of aliphatic hydroxyl groups is 1. The van der Waals surface area contributed by atoms with Crippen molar-refractivity contribution in [2.24, 2.45) is 0 Å². The summed E-state index contributed by atoms with van der Waals surface area (Å²) in [6.45, 7) is 29.9. The van der Waals surface area contributed by atoms with E-state index < -0.39 is 5.60 Å². The molecule has 0 saturated carbocycles. The first-order valence-corrected chi connectivity index (χ1v) is 40.0. The number of para-hydroxylation sites is 3. The van der Waals surface area contributed by atoms with Crippen molar-refractivity contribution in [3.63, 3.8) is 0 Å². The summed E-state index contributed by atoms with van der Waals surface area (Å²) in [6.07, 6.45) is 25.3. The van der Waals surface area contributed by atoms with Gasteiger partial charge in [-0.25, -0.2) is 42.4 Å². The van der Waals surface area contributed by atoms with Gasteiger partial charge in [0.2, 0.25) is 0 Å². The van der Waals surface area contributed by atoms with Gasteiger partial charge in [0.05, 0.1) is 138 Å². The molecule has 5 saturated heterocycles. The molecule has 0 unspecified atom stereocenters. The zero-order chi connectivity index (χ0) is 79.3. The Morgan fingerprint density at radius 2 is 0.776 bits per heavy atom. The van der Waals surface area contributed by atoms with Gasteiger partial charge in [-0.05, 0) is 132 Å². The van der Waals surface area contributed by atoms with Gasteiger partial charge in [0.15, 0.2) is 22.6 Å². The van der Waals surface area contributed by atoms with E-state index in [2.05, 4.69) is 155 Å². The first-order valence-electron chi connectivity index (χ1n) is 40.0. The van der Waals surface area contributed by atoms with Crippen LogP contribution in [0.2, 0.25) is 0 Å². The third kappa shape index (κ3) is 15.6. The summed E-state index contributed by atoms with van der Waals surface area (Å²) >= 11 is 0. The van der Waals surface area contributed by atoms with Gasteiger partial charge in [0.1, 0.15) is 5.82 Å². The van der Waals surface area contributed by atoms with Crippen molar-refractivity contribution in [1.29, 1.82) is 0 Å². The first-order chi connectivity index (χ1) is 56.4. The number of rotatable bonds is 11. The van der Waals surface area contributed by atoms with Crippen molar-refractivity contribution >= 4 is 88.9 Å². The van der Waals surface area contributed by atoms with Crippen LogP contribution in [0.1, 0.15) is 36.5 Å². The van der Waals surface area contributed by atoms with E-state index in [1.807, 2.05) is 169 Å². The topological polar surface area (TPSA) is 228 Å². The number of likely N-dealkylation sites (tertiary alicyclic amines) is 1. The molecule has 21 rings (SSSR count). The van der Waals surface area contributed by atoms with E-state index in [0.29, 0.717) is 23.7 Å². The summed E-state index contributed by atoms with van der Waals surface area (Å²) in [5, 5.41) is 32.7. The van der Waals surface area contributed by atoms with Crippen LogP contribution in [0.5, 0.6) is 0 Å². The second-order valence-electron chi connectivity index (χ2n) is 31.9. The number of likely N-dealkylation sites (N-methyl/N-ethyl adjacent to an activating group) is 2. The van der Waals surface area contributed by atoms with Gasteiger partial charge in [0, 0.05) is 190 Å². The maximum absolute atomic E-state index is 14.0. The SMILES string of the molecule is Cc1cc(-c2cnn3cc(N4CCN(C)CC4)cnc23)c2ccccc2n1.Cc1cc(-c2cnn3cc(N4CCN(CC(C)(C)O)CC4)cnc23)c2ccccc2n1.Cc1cc(-c2cnn3cc(N4CCOCC4)cnc23)c2ccccc2n1.Cc1cc2c(-c3cnn4cc(N5CCN(C6CN(C)C6)CC5)cnc34)ccnc2cc1F. The van der Waals surface area contributed by atoms with E-state index in [1.54, 1.807) is 13.1 Å². The average molecular weight is 1550 g/mol. The molecule has 0 spiro atoms. The predicted molar refractivity (Wildman–Crippen MR) is 457 cm³/mol. The Kier molecular flexibility index (Phi) is 20.7. The number of fused-ring (bicyclic) bond motifs is 8. The average Bonchev–Trinajstić information content (AvgIpc) is 1.60. The van der Waals surface area contributed by atoms with Crippen LogP contribution in [0.4, 0.5) is 27.1 Å². The van der Waals surface area contributed by atoms with Gasteiger partial charge < -0.3 is 39.2 Å². The highest BCUT2D eigenvalue weighted by molar-refractivity contribution is 6.01. The third-order valence-electron chi connectivity index (χ3n) is 22.9. The molecule has 590 valence electrons. The van der Waals surface area contributed by atoms with Crippen LogP contribution in [0.3, 0.4) is 0 Å². The number of hydrogen-bond acceptors (Lipinski definition) is 22. The number of morpholine rings is 1. The maximum atomic E-state index is 14.0. The van der Waals surface area contributed by atoms with Gasteiger partial charge >= 0.3 is 0 Å². The van der Waals surface area contributed by atoms with Crippen molar-refractivity contribution in [2.45, 2.75) is 53.2 Å². The minimum Gasteiger partial charge on any atom is -0.389 e. The normalized spacial score (nSPS) is 16.4. The largest absolute Gasteiger partial charge is 0.389 e. The van der Waals surface area contributed by atoms with E-state index in [-0.39, 0.29) is 5.82 Å². The summed E-state index contributed by atoms with van der Waals surface area (Å²) in [6, 6.07) is 37.0. The molecule has 5 aliphatic heterocycles. The lowest BCUT2D eigenvalue weighted by Crippen LogP contribution is -2.62. The van der Waals surface area contributed by atoms with E-state index in [4.69, 9.17) is 24.7 Å². The number of anilines is 4. The van der Waals surface area contributed by atoms with E-state index >= 15 is 0 Å². The maximum Gasteiger partial charge on any atom is 0.162 e. The summed E-state index contributed by atoms with van der Waals surface area (Å²) in [7, 11) is 4.35. The number of β-amino-alcohol motifs (C(OH)–C–C–N with tert-alkyl or cyclic N) is 1. The Bertz CT molecular complexity index is 6280. The number of halogens is 1. The summed E-state index contributed by atoms with van der Waals surface area (Å²) in [4.78, 5) is 56.4. The highest BCUT2D eigenvalue weighted by Gasteiger charge is 2.32. The summed E-state index contributed by atoms with van der Waals surface area (Å²) in [5.41, 5.74) is 22.6. The fourth-order valence-electron chi connectivity index (χ4n) is 16.8. The minimum absolute atomic E-state index is 0.241. The molecule has 0 amide bonds. The molecule has 0 bridgehead atoms. The highest BCUT2D eigenvalue weighted by Crippen LogP contribution is 2.37. The van der Waals surface area contributed by atoms with Gasteiger partial charge in [-0.15, -0.1) is 0 Å². The third-order valence-corrected chi connectivity index (χ3v) is 22.9. The molecular formula is C89H95FN24O2. The second-order valence-corrected chi connectivity index (χ2v) is 31.9. The molecule has 5 fully saturated rings. The lowest BCUT2D eigenvalue weighted by atomic mass is 10.0. The zero-order valence-electron chi connectivity index (χ0n) is 66.9. The van der Waals surface area contributed by atoms with Crippen LogP contribution < -0.4 is 19.6 Å². The number of ether oxygens (including phenoxy) is 1. The molecule has 12 aromatic heterocycles. The minimum atomic E-state index is -0.663. The number of aryl methyl sites for hydroxylation is 4. The molecule has 1 N–H and O–H groups in total. The van der Waals surface area contributed by atoms with E-state index in [1.165, 1.54) is 19.2 Å². The molecule has 27 heteroatoms. The number of nitrogens with zero attached hydrogens (tertiary/aromatic N) is 24. The van der Waals surface area contributed by atoms with Crippen molar-refractivity contribution in [2.75, 3.05) is 158 Å². The Hall–Kier alpha value is -12.1. The van der Waals surface area contributed by atoms with Gasteiger partial charge in [-0.2, -0.15) is 20.4 Å². The lowest BCUT2D eigenvalue weighted by Gasteiger charge is -2.47. The molecular weight excluding hydrogens is 1460 g/mol. The lowest BCUT2D eigenvalue weighted by molar-refractivity contribution is 0.0345. The van der Waals surface area contributed by atoms with Crippen LogP contribution in [0.15, 0.2) is 190 Å². The van der Waals surface area contributed by atoms with Gasteiger partial charge in [-0.1, -0.05) is 54.6 Å². The molecule has 5 aliphatic rings. The number of aromatic nitrogens is 16. The van der Waals surface area contributed by atoms with Crippen LogP contribution >= 0.6 is 0 Å². The van der Waals surface area contributed by atoms with Crippen molar-refractivity contribution in [3.8, 4) is 44.5 Å². The molecule has 16 aromatic rings. The summed E-state index contributed by atoms with van der Waals surface area (Å²) in [5.74, 6) is -0.241. The summed E-state index contributed by atoms with van der Waals surface area (Å²) < 4.78 is 26.9. The Balaban J connectivity index is 0.000000107. The number of hydrogen-bond donors (Lipinski definition) is 1. The number of benzene rings is 4. The van der Waals surface area contributed by atoms with Gasteiger partial charge in [0.25, 0.3) is 0 Å². The second kappa shape index (κ2) is 31.9. The monoisotopic (exact) mass is 1550 g/mol. The number of pyridine rings is 4. The molecule has 0 atom stereocenters. The van der Waals surface area contributed by atoms with Crippen LogP contribution in [0.25, 0.3) is 111 Å². The molecule has 17 heterocycles. The molecule has 0 aliphatic carbocycles. The Labute approximate surface area is 671 Å². The van der Waals surface area contributed by atoms with Crippen molar-refractivity contribution in [1.82, 2.24) is 97.9 Å². The van der Waals surface area contributed by atoms with Crippen molar-refractivity contribution < 1.29 is 14.2 Å². The quantitative estimate of drug-likeness (QED) is 0.127. The molecule has 116 heavy (non-hydrogen) atoms.